The lowest BCUT2D eigenvalue weighted by Crippen LogP contribution is -2.54. The molecule has 0 N–H and O–H groups in total. The Bertz CT molecular complexity index is 737. The van der Waals surface area contributed by atoms with Crippen LogP contribution >= 0.6 is 0 Å². The van der Waals surface area contributed by atoms with Crippen LogP contribution in [0, 0.1) is 0 Å². The van der Waals surface area contributed by atoms with Gasteiger partial charge in [0.05, 0.1) is 6.04 Å². The average Bonchev–Trinajstić information content (AvgIpc) is 2.74. The number of hydrogen-bond donors (Lipinski definition) is 0. The van der Waals surface area contributed by atoms with Crippen molar-refractivity contribution in [1.82, 2.24) is 9.80 Å². The number of benzene rings is 2. The molecule has 1 amide bonds. The molecule has 1 atom stereocenters. The highest BCUT2D eigenvalue weighted by Crippen LogP contribution is 2.15. The van der Waals surface area contributed by atoms with Gasteiger partial charge in [0.1, 0.15) is 0 Å². The maximum Gasteiger partial charge on any atom is 0.243 e. The molecular weight excluding hydrogens is 334 g/mol. The zero-order valence-electron chi connectivity index (χ0n) is 16.3. The second-order valence-corrected chi connectivity index (χ2v) is 7.06. The van der Waals surface area contributed by atoms with Gasteiger partial charge in [-0.1, -0.05) is 60.7 Å². The molecule has 0 aromatic heterocycles. The Labute approximate surface area is 162 Å². The highest BCUT2D eigenvalue weighted by Gasteiger charge is 2.27. The van der Waals surface area contributed by atoms with E-state index in [0.717, 1.165) is 38.4 Å². The molecule has 4 nitrogen and oxygen atoms in total. The van der Waals surface area contributed by atoms with E-state index in [4.69, 9.17) is 0 Å². The normalized spacial score (nSPS) is 17.1. The van der Waals surface area contributed by atoms with Crippen molar-refractivity contribution in [1.29, 1.82) is 0 Å². The van der Waals surface area contributed by atoms with Crippen molar-refractivity contribution in [3.05, 3.63) is 72.3 Å². The van der Waals surface area contributed by atoms with Crippen molar-refractivity contribution in [3.63, 3.8) is 0 Å². The van der Waals surface area contributed by atoms with E-state index in [1.165, 1.54) is 5.56 Å². The van der Waals surface area contributed by atoms with Gasteiger partial charge in [-0.2, -0.15) is 0 Å². The molecule has 0 saturated carbocycles. The lowest BCUT2D eigenvalue weighted by Gasteiger charge is -2.38. The average molecular weight is 364 g/mol. The number of nitrogens with zero attached hydrogens (tertiary/aromatic N) is 3. The molecule has 1 aliphatic rings. The van der Waals surface area contributed by atoms with E-state index in [9.17, 15) is 4.79 Å². The molecule has 1 fully saturated rings. The number of para-hydroxylation sites is 1. The van der Waals surface area contributed by atoms with Gasteiger partial charge >= 0.3 is 0 Å². The summed E-state index contributed by atoms with van der Waals surface area (Å²) in [4.78, 5) is 19.3. The smallest absolute Gasteiger partial charge is 0.243 e. The molecule has 2 aromatic carbocycles. The van der Waals surface area contributed by atoms with Crippen LogP contribution in [0.1, 0.15) is 12.5 Å². The van der Waals surface area contributed by atoms with E-state index in [2.05, 4.69) is 46.2 Å². The van der Waals surface area contributed by atoms with Gasteiger partial charge in [-0.15, -0.1) is 0 Å². The third-order valence-electron chi connectivity index (χ3n) is 5.26. The number of hydrogen-bond acceptors (Lipinski definition) is 3. The number of rotatable bonds is 6. The highest BCUT2D eigenvalue weighted by atomic mass is 16.2. The predicted octanol–water partition coefficient (Wildman–Crippen LogP) is 3.37. The van der Waals surface area contributed by atoms with Gasteiger partial charge in [-0.05, 0) is 24.6 Å². The highest BCUT2D eigenvalue weighted by molar-refractivity contribution is 5.96. The number of carbonyl (C=O) groups excluding carboxylic acids is 1. The summed E-state index contributed by atoms with van der Waals surface area (Å²) in [6.45, 7) is 6.81. The van der Waals surface area contributed by atoms with Crippen LogP contribution in [0.2, 0.25) is 0 Å². The van der Waals surface area contributed by atoms with Gasteiger partial charge in [0.2, 0.25) is 5.91 Å². The molecule has 1 saturated heterocycles. The maximum absolute atomic E-state index is 12.8. The number of carbonyl (C=O) groups is 1. The molecule has 1 aliphatic heterocycles. The third kappa shape index (κ3) is 5.28. The lowest BCUT2D eigenvalue weighted by molar-refractivity contribution is -0.123. The summed E-state index contributed by atoms with van der Waals surface area (Å²) in [6, 6.07) is 20.1. The van der Waals surface area contributed by atoms with E-state index in [1.807, 2.05) is 50.4 Å². The summed E-state index contributed by atoms with van der Waals surface area (Å²) >= 11 is 0. The minimum Gasteiger partial charge on any atom is -0.314 e. The Morgan fingerprint density at radius 1 is 1.00 bits per heavy atom. The Morgan fingerprint density at radius 3 is 2.22 bits per heavy atom. The fraction of sp³-hybridized carbons (Fsp3) is 0.348. The van der Waals surface area contributed by atoms with Crippen LogP contribution in [0.4, 0.5) is 5.69 Å². The van der Waals surface area contributed by atoms with Gasteiger partial charge in [-0.25, -0.2) is 0 Å². The van der Waals surface area contributed by atoms with Gasteiger partial charge < -0.3 is 4.90 Å². The molecule has 1 heterocycles. The monoisotopic (exact) mass is 363 g/mol. The fourth-order valence-electron chi connectivity index (χ4n) is 3.45. The van der Waals surface area contributed by atoms with E-state index in [0.29, 0.717) is 0 Å². The predicted molar refractivity (Wildman–Crippen MR) is 113 cm³/mol. The molecule has 3 rings (SSSR count). The summed E-state index contributed by atoms with van der Waals surface area (Å²) in [5, 5.41) is 0. The first kappa shape index (κ1) is 19.3. The maximum atomic E-state index is 12.8. The number of piperazine rings is 1. The van der Waals surface area contributed by atoms with E-state index in [1.54, 1.807) is 4.90 Å². The van der Waals surface area contributed by atoms with Crippen molar-refractivity contribution < 1.29 is 4.79 Å². The Kier molecular flexibility index (Phi) is 6.80. The minimum atomic E-state index is -0.0998. The Hall–Kier alpha value is -2.43. The standard InChI is InChI=1S/C23H29N3O/c1-20(23(27)24(2)22-13-7-4-8-14-22)26-18-16-25(17-19-26)15-9-12-21-10-5-3-6-11-21/h3-14,20H,15-19H2,1-2H3/b12-9+/t20-/m1/s1. The van der Waals surface area contributed by atoms with Gasteiger partial charge in [-0.3, -0.25) is 14.6 Å². The lowest BCUT2D eigenvalue weighted by atomic mass is 10.2. The van der Waals surface area contributed by atoms with Crippen molar-refractivity contribution in [2.24, 2.45) is 0 Å². The van der Waals surface area contributed by atoms with E-state index >= 15 is 0 Å². The number of amides is 1. The van der Waals surface area contributed by atoms with Crippen LogP contribution in [0.15, 0.2) is 66.7 Å². The van der Waals surface area contributed by atoms with Crippen LogP contribution in [0.5, 0.6) is 0 Å². The Morgan fingerprint density at radius 2 is 1.59 bits per heavy atom. The van der Waals surface area contributed by atoms with Crippen LogP contribution < -0.4 is 4.90 Å². The molecule has 27 heavy (non-hydrogen) atoms. The second kappa shape index (κ2) is 9.49. The summed E-state index contributed by atoms with van der Waals surface area (Å²) in [6.07, 6.45) is 4.40. The molecule has 2 aromatic rings. The Balaban J connectivity index is 1.47. The summed E-state index contributed by atoms with van der Waals surface area (Å²) in [5.41, 5.74) is 2.18. The second-order valence-electron chi connectivity index (χ2n) is 7.06. The molecule has 0 spiro atoms. The summed E-state index contributed by atoms with van der Waals surface area (Å²) in [7, 11) is 1.86. The molecule has 0 aliphatic carbocycles. The SMILES string of the molecule is C[C@H](C(=O)N(C)c1ccccc1)N1CCN(C/C=C/c2ccccc2)CC1. The largest absolute Gasteiger partial charge is 0.314 e. The van der Waals surface area contributed by atoms with Crippen molar-refractivity contribution in [3.8, 4) is 0 Å². The summed E-state index contributed by atoms with van der Waals surface area (Å²) in [5.74, 6) is 0.152. The van der Waals surface area contributed by atoms with Crippen molar-refractivity contribution in [2.75, 3.05) is 44.7 Å². The third-order valence-corrected chi connectivity index (χ3v) is 5.26. The van der Waals surface area contributed by atoms with E-state index in [-0.39, 0.29) is 11.9 Å². The first-order chi connectivity index (χ1) is 13.1. The van der Waals surface area contributed by atoms with Crippen LogP contribution in [-0.2, 0) is 4.79 Å². The van der Waals surface area contributed by atoms with Crippen LogP contribution in [-0.4, -0.2) is 61.5 Å². The van der Waals surface area contributed by atoms with Gasteiger partial charge in [0.25, 0.3) is 0 Å². The van der Waals surface area contributed by atoms with Crippen molar-refractivity contribution in [2.45, 2.75) is 13.0 Å². The molecule has 4 heteroatoms. The minimum absolute atomic E-state index is 0.0998. The molecule has 0 unspecified atom stereocenters. The first-order valence-corrected chi connectivity index (χ1v) is 9.66. The molecule has 0 radical (unpaired) electrons. The van der Waals surface area contributed by atoms with Crippen LogP contribution in [0.25, 0.3) is 6.08 Å². The van der Waals surface area contributed by atoms with Crippen LogP contribution in [0.3, 0.4) is 0 Å². The topological polar surface area (TPSA) is 26.8 Å². The first-order valence-electron chi connectivity index (χ1n) is 9.66. The number of likely N-dealkylation sites (N-methyl/N-ethyl adjacent to an activating group) is 1. The van der Waals surface area contributed by atoms with Crippen molar-refractivity contribution >= 4 is 17.7 Å². The molecule has 0 bridgehead atoms. The molecule has 142 valence electrons. The summed E-state index contributed by atoms with van der Waals surface area (Å²) < 4.78 is 0. The van der Waals surface area contributed by atoms with Gasteiger partial charge in [0, 0.05) is 45.5 Å². The quantitative estimate of drug-likeness (QED) is 0.787. The zero-order chi connectivity index (χ0) is 19.1. The van der Waals surface area contributed by atoms with E-state index < -0.39 is 0 Å². The molecular formula is C23H29N3O. The number of anilines is 1. The fourth-order valence-corrected chi connectivity index (χ4v) is 3.45. The van der Waals surface area contributed by atoms with Gasteiger partial charge in [0.15, 0.2) is 0 Å². The zero-order valence-corrected chi connectivity index (χ0v) is 16.3.